The Morgan fingerprint density at radius 2 is 1.56 bits per heavy atom. The van der Waals surface area contributed by atoms with E-state index in [1.807, 2.05) is 72.8 Å². The number of nitrogens with one attached hydrogen (secondary N) is 1. The zero-order valence-corrected chi connectivity index (χ0v) is 20.5. The molecule has 0 aliphatic carbocycles. The Kier molecular flexibility index (Phi) is 8.66. The number of unbranched alkanes of at least 4 members (excludes halogenated alkanes) is 1. The molecule has 4 aromatic rings. The van der Waals surface area contributed by atoms with Gasteiger partial charge in [-0.05, 0) is 58.6 Å². The van der Waals surface area contributed by atoms with Crippen molar-refractivity contribution in [3.05, 3.63) is 96.1 Å². The average molecular weight is 483 g/mol. The van der Waals surface area contributed by atoms with E-state index in [0.29, 0.717) is 25.2 Å². The monoisotopic (exact) mass is 482 g/mol. The van der Waals surface area contributed by atoms with Gasteiger partial charge in [0.15, 0.2) is 0 Å². The van der Waals surface area contributed by atoms with Gasteiger partial charge in [0, 0.05) is 24.7 Å². The van der Waals surface area contributed by atoms with Crippen LogP contribution >= 0.6 is 0 Å². The second-order valence-electron chi connectivity index (χ2n) is 9.21. The second-order valence-corrected chi connectivity index (χ2v) is 9.21. The Balaban J connectivity index is 1.48. The number of carbonyl (C=O) groups excluding carboxylic acids is 2. The van der Waals surface area contributed by atoms with Crippen molar-refractivity contribution in [2.45, 2.75) is 31.8 Å². The van der Waals surface area contributed by atoms with E-state index in [0.717, 1.165) is 46.4 Å². The lowest BCUT2D eigenvalue weighted by molar-refractivity contribution is -0.122. The number of nitrogens with zero attached hydrogens (tertiary/aromatic N) is 1. The molecule has 4 rings (SSSR count). The third-order valence-electron chi connectivity index (χ3n) is 6.46. The topological polar surface area (TPSA) is 101 Å². The van der Waals surface area contributed by atoms with Crippen LogP contribution in [0.25, 0.3) is 21.5 Å². The van der Waals surface area contributed by atoms with Gasteiger partial charge in [-0.1, -0.05) is 79.2 Å². The van der Waals surface area contributed by atoms with Gasteiger partial charge < -0.3 is 21.7 Å². The highest BCUT2D eigenvalue weighted by molar-refractivity contribution is 6.00. The molecule has 186 valence electrons. The number of hydrogen-bond acceptors (Lipinski definition) is 4. The van der Waals surface area contributed by atoms with Crippen LogP contribution in [0.1, 0.15) is 35.2 Å². The minimum Gasteiger partial charge on any atom is -0.350 e. The van der Waals surface area contributed by atoms with Crippen molar-refractivity contribution in [1.82, 2.24) is 10.2 Å². The minimum atomic E-state index is -0.230. The van der Waals surface area contributed by atoms with Gasteiger partial charge in [0.25, 0.3) is 5.91 Å². The predicted octanol–water partition coefficient (Wildman–Crippen LogP) is 4.21. The lowest BCUT2D eigenvalue weighted by Gasteiger charge is -2.26. The van der Waals surface area contributed by atoms with Crippen LogP contribution in [0.3, 0.4) is 0 Å². The maximum absolute atomic E-state index is 13.5. The van der Waals surface area contributed by atoms with E-state index in [4.69, 9.17) is 11.5 Å². The molecule has 0 radical (unpaired) electrons. The third-order valence-corrected chi connectivity index (χ3v) is 6.46. The molecule has 6 heteroatoms. The predicted molar refractivity (Wildman–Crippen MR) is 147 cm³/mol. The van der Waals surface area contributed by atoms with E-state index < -0.39 is 0 Å². The van der Waals surface area contributed by atoms with E-state index >= 15 is 0 Å². The van der Waals surface area contributed by atoms with Gasteiger partial charge >= 0.3 is 0 Å². The van der Waals surface area contributed by atoms with Crippen LogP contribution < -0.4 is 16.8 Å². The normalized spacial score (nSPS) is 11.9. The molecule has 0 bridgehead atoms. The van der Waals surface area contributed by atoms with Crippen molar-refractivity contribution >= 4 is 33.4 Å². The van der Waals surface area contributed by atoms with E-state index in [2.05, 4.69) is 17.4 Å². The highest BCUT2D eigenvalue weighted by Crippen LogP contribution is 2.19. The molecule has 5 N–H and O–H groups in total. The van der Waals surface area contributed by atoms with Crippen LogP contribution in [0, 0.1) is 0 Å². The Bertz CT molecular complexity index is 1330. The summed E-state index contributed by atoms with van der Waals surface area (Å²) >= 11 is 0. The summed E-state index contributed by atoms with van der Waals surface area (Å²) in [4.78, 5) is 28.1. The molecule has 0 spiro atoms. The number of carbonyl (C=O) groups is 2. The van der Waals surface area contributed by atoms with Crippen molar-refractivity contribution in [2.75, 3.05) is 19.6 Å². The van der Waals surface area contributed by atoms with Gasteiger partial charge in [0.05, 0.1) is 6.54 Å². The van der Waals surface area contributed by atoms with Crippen LogP contribution in [0.15, 0.2) is 84.9 Å². The molecule has 0 aromatic heterocycles. The molecule has 1 atom stereocenters. The van der Waals surface area contributed by atoms with Crippen LogP contribution in [-0.2, 0) is 11.3 Å². The summed E-state index contributed by atoms with van der Waals surface area (Å²) in [6.07, 6.45) is 2.52. The molecule has 0 heterocycles. The van der Waals surface area contributed by atoms with Gasteiger partial charge in [-0.2, -0.15) is 0 Å². The Hall–Kier alpha value is -3.74. The largest absolute Gasteiger partial charge is 0.350 e. The molecular formula is C30H34N4O2. The van der Waals surface area contributed by atoms with Crippen molar-refractivity contribution in [3.8, 4) is 0 Å². The first-order chi connectivity index (χ1) is 17.5. The second kappa shape index (κ2) is 12.3. The average Bonchev–Trinajstić information content (AvgIpc) is 2.91. The maximum atomic E-state index is 13.5. The van der Waals surface area contributed by atoms with Gasteiger partial charge in [-0.25, -0.2) is 0 Å². The molecule has 0 unspecified atom stereocenters. The van der Waals surface area contributed by atoms with Crippen molar-refractivity contribution in [3.63, 3.8) is 0 Å². The molecule has 2 amide bonds. The zero-order valence-electron chi connectivity index (χ0n) is 20.5. The van der Waals surface area contributed by atoms with Crippen molar-refractivity contribution in [1.29, 1.82) is 0 Å². The third kappa shape index (κ3) is 6.47. The van der Waals surface area contributed by atoms with Gasteiger partial charge in [0.2, 0.25) is 5.91 Å². The van der Waals surface area contributed by atoms with Crippen LogP contribution in [-0.4, -0.2) is 42.4 Å². The first-order valence-corrected chi connectivity index (χ1v) is 12.5. The van der Waals surface area contributed by atoms with E-state index in [1.54, 1.807) is 4.90 Å². The Morgan fingerprint density at radius 3 is 2.36 bits per heavy atom. The first kappa shape index (κ1) is 25.4. The highest BCUT2D eigenvalue weighted by atomic mass is 16.2. The minimum absolute atomic E-state index is 0.0545. The number of rotatable bonds is 11. The molecule has 0 aliphatic rings. The summed E-state index contributed by atoms with van der Waals surface area (Å²) < 4.78 is 0. The van der Waals surface area contributed by atoms with E-state index in [9.17, 15) is 9.59 Å². The van der Waals surface area contributed by atoms with Gasteiger partial charge in [-0.15, -0.1) is 0 Å². The van der Waals surface area contributed by atoms with Crippen molar-refractivity contribution < 1.29 is 9.59 Å². The number of benzene rings is 4. The summed E-state index contributed by atoms with van der Waals surface area (Å²) in [6.45, 7) is 1.25. The van der Waals surface area contributed by atoms with E-state index in [1.165, 1.54) is 0 Å². The molecule has 6 nitrogen and oxygen atoms in total. The number of amides is 2. The maximum Gasteiger partial charge on any atom is 0.254 e. The summed E-state index contributed by atoms with van der Waals surface area (Å²) in [5.41, 5.74) is 13.5. The molecule has 4 aromatic carbocycles. The quantitative estimate of drug-likeness (QED) is 0.279. The fourth-order valence-corrected chi connectivity index (χ4v) is 4.52. The molecule has 0 aliphatic heterocycles. The van der Waals surface area contributed by atoms with Gasteiger partial charge in [0.1, 0.15) is 0 Å². The fraction of sp³-hybridized carbons (Fsp3) is 0.267. The summed E-state index contributed by atoms with van der Waals surface area (Å²) in [6, 6.07) is 27.4. The summed E-state index contributed by atoms with van der Waals surface area (Å²) in [5.74, 6) is -0.415. The van der Waals surface area contributed by atoms with Crippen molar-refractivity contribution in [2.24, 2.45) is 11.5 Å². The SMILES string of the molecule is NCCCC[C@H](N)CN(CC(=O)NCc1cccc2ccccc12)C(=O)c1ccc2ccccc2c1. The zero-order chi connectivity index (χ0) is 25.3. The lowest BCUT2D eigenvalue weighted by Crippen LogP contribution is -2.46. The van der Waals surface area contributed by atoms with Crippen LogP contribution in [0.2, 0.25) is 0 Å². The Labute approximate surface area is 212 Å². The lowest BCUT2D eigenvalue weighted by atomic mass is 10.0. The molecule has 0 saturated carbocycles. The number of nitrogens with two attached hydrogens (primary N) is 2. The Morgan fingerprint density at radius 1 is 0.833 bits per heavy atom. The smallest absolute Gasteiger partial charge is 0.254 e. The highest BCUT2D eigenvalue weighted by Gasteiger charge is 2.21. The van der Waals surface area contributed by atoms with Gasteiger partial charge in [-0.3, -0.25) is 9.59 Å². The standard InChI is InChI=1S/C30H34N4O2/c31-17-6-5-13-27(32)20-34(30(36)25-16-15-22-8-1-2-10-24(22)18-25)21-29(35)33-19-26-12-7-11-23-9-3-4-14-28(23)26/h1-4,7-12,14-16,18,27H,5-6,13,17,19-21,31-32H2,(H,33,35)/t27-/m0/s1. The molecule has 0 fully saturated rings. The van der Waals surface area contributed by atoms with E-state index in [-0.39, 0.29) is 24.4 Å². The summed E-state index contributed by atoms with van der Waals surface area (Å²) in [5, 5.41) is 7.27. The van der Waals surface area contributed by atoms with Crippen LogP contribution in [0.4, 0.5) is 0 Å². The molecule has 36 heavy (non-hydrogen) atoms. The number of fused-ring (bicyclic) bond motifs is 2. The van der Waals surface area contributed by atoms with Crippen LogP contribution in [0.5, 0.6) is 0 Å². The molecule has 0 saturated heterocycles. The number of hydrogen-bond donors (Lipinski definition) is 3. The summed E-state index contributed by atoms with van der Waals surface area (Å²) in [7, 11) is 0. The first-order valence-electron chi connectivity index (χ1n) is 12.5. The molecular weight excluding hydrogens is 448 g/mol. The fourth-order valence-electron chi connectivity index (χ4n) is 4.52.